The van der Waals surface area contributed by atoms with E-state index in [1.165, 1.54) is 0 Å². The van der Waals surface area contributed by atoms with Crippen molar-refractivity contribution in [3.8, 4) is 0 Å². The van der Waals surface area contributed by atoms with E-state index in [1.54, 1.807) is 0 Å². The highest BCUT2D eigenvalue weighted by atomic mass is 79.9. The van der Waals surface area contributed by atoms with E-state index >= 15 is 0 Å². The number of halogens is 1. The van der Waals surface area contributed by atoms with Gasteiger partial charge in [0.1, 0.15) is 0 Å². The standard InChI is InChI=1S/C16H11BrN2/c17-14-7-3-1-5-12(14)9-10-16-18-11-13-6-2-4-8-15(13)19-16/h1-11H/b10-9+. The molecule has 0 spiro atoms. The Labute approximate surface area is 120 Å². The molecule has 19 heavy (non-hydrogen) atoms. The van der Waals surface area contributed by atoms with Gasteiger partial charge in [0.2, 0.25) is 0 Å². The zero-order valence-electron chi connectivity index (χ0n) is 10.1. The number of fused-ring (bicyclic) bond motifs is 1. The second-order valence-electron chi connectivity index (χ2n) is 4.14. The van der Waals surface area contributed by atoms with Crippen LogP contribution in [0.3, 0.4) is 0 Å². The minimum absolute atomic E-state index is 0.717. The van der Waals surface area contributed by atoms with Crippen LogP contribution in [0.4, 0.5) is 0 Å². The summed E-state index contributed by atoms with van der Waals surface area (Å²) in [5, 5.41) is 1.06. The van der Waals surface area contributed by atoms with Crippen molar-refractivity contribution >= 4 is 39.0 Å². The fraction of sp³-hybridized carbons (Fsp3) is 0. The zero-order valence-corrected chi connectivity index (χ0v) is 11.7. The van der Waals surface area contributed by atoms with Crippen LogP contribution in [0.5, 0.6) is 0 Å². The molecular weight excluding hydrogens is 300 g/mol. The first-order chi connectivity index (χ1) is 9.33. The molecule has 1 heterocycles. The van der Waals surface area contributed by atoms with Crippen LogP contribution >= 0.6 is 15.9 Å². The Kier molecular flexibility index (Phi) is 3.38. The summed E-state index contributed by atoms with van der Waals surface area (Å²) in [5.74, 6) is 0.717. The fourth-order valence-corrected chi connectivity index (χ4v) is 2.26. The topological polar surface area (TPSA) is 25.8 Å². The molecule has 0 unspecified atom stereocenters. The summed E-state index contributed by atoms with van der Waals surface area (Å²) in [5.41, 5.74) is 2.07. The van der Waals surface area contributed by atoms with Gasteiger partial charge in [-0.3, -0.25) is 0 Å². The summed E-state index contributed by atoms with van der Waals surface area (Å²) in [6.45, 7) is 0. The molecule has 3 aromatic rings. The smallest absolute Gasteiger partial charge is 0.152 e. The molecule has 0 atom stereocenters. The Bertz CT molecular complexity index is 750. The average Bonchev–Trinajstić information content (AvgIpc) is 2.46. The fourth-order valence-electron chi connectivity index (χ4n) is 1.84. The quantitative estimate of drug-likeness (QED) is 0.693. The lowest BCUT2D eigenvalue weighted by atomic mass is 10.2. The van der Waals surface area contributed by atoms with Crippen molar-refractivity contribution < 1.29 is 0 Å². The highest BCUT2D eigenvalue weighted by Gasteiger charge is 1.97. The summed E-state index contributed by atoms with van der Waals surface area (Å²) in [4.78, 5) is 8.85. The Hall–Kier alpha value is -2.00. The SMILES string of the molecule is Brc1ccccc1/C=C/c1ncc2ccccc2n1. The van der Waals surface area contributed by atoms with E-state index in [1.807, 2.05) is 66.9 Å². The first kappa shape index (κ1) is 12.1. The van der Waals surface area contributed by atoms with Gasteiger partial charge < -0.3 is 0 Å². The van der Waals surface area contributed by atoms with Crippen LogP contribution in [0.25, 0.3) is 23.1 Å². The maximum atomic E-state index is 4.51. The van der Waals surface area contributed by atoms with Crippen LogP contribution in [-0.4, -0.2) is 9.97 Å². The Morgan fingerprint density at radius 1 is 0.895 bits per heavy atom. The van der Waals surface area contributed by atoms with Gasteiger partial charge in [0.05, 0.1) is 5.52 Å². The molecule has 0 radical (unpaired) electrons. The maximum Gasteiger partial charge on any atom is 0.152 e. The van der Waals surface area contributed by atoms with Gasteiger partial charge in [0.25, 0.3) is 0 Å². The molecule has 0 aliphatic carbocycles. The zero-order chi connectivity index (χ0) is 13.1. The summed E-state index contributed by atoms with van der Waals surface area (Å²) in [6.07, 6.45) is 5.78. The molecule has 0 saturated heterocycles. The molecule has 0 aliphatic heterocycles. The molecular formula is C16H11BrN2. The predicted molar refractivity (Wildman–Crippen MR) is 82.6 cm³/mol. The van der Waals surface area contributed by atoms with Crippen molar-refractivity contribution in [3.63, 3.8) is 0 Å². The Balaban J connectivity index is 1.95. The third-order valence-corrected chi connectivity index (χ3v) is 3.55. The van der Waals surface area contributed by atoms with Crippen LogP contribution in [-0.2, 0) is 0 Å². The summed E-state index contributed by atoms with van der Waals surface area (Å²) >= 11 is 3.52. The minimum atomic E-state index is 0.717. The molecule has 3 heteroatoms. The predicted octanol–water partition coefficient (Wildman–Crippen LogP) is 4.56. The van der Waals surface area contributed by atoms with Crippen molar-refractivity contribution in [2.45, 2.75) is 0 Å². The van der Waals surface area contributed by atoms with E-state index < -0.39 is 0 Å². The van der Waals surface area contributed by atoms with Crippen LogP contribution in [0, 0.1) is 0 Å². The maximum absolute atomic E-state index is 4.51. The van der Waals surface area contributed by atoms with Gasteiger partial charge >= 0.3 is 0 Å². The molecule has 92 valence electrons. The molecule has 0 bridgehead atoms. The summed E-state index contributed by atoms with van der Waals surface area (Å²) in [7, 11) is 0. The van der Waals surface area contributed by atoms with Gasteiger partial charge in [-0.15, -0.1) is 0 Å². The van der Waals surface area contributed by atoms with Gasteiger partial charge in [0, 0.05) is 16.1 Å². The number of hydrogen-bond acceptors (Lipinski definition) is 2. The number of rotatable bonds is 2. The lowest BCUT2D eigenvalue weighted by molar-refractivity contribution is 1.19. The van der Waals surface area contributed by atoms with E-state index in [-0.39, 0.29) is 0 Å². The van der Waals surface area contributed by atoms with E-state index in [9.17, 15) is 0 Å². The Morgan fingerprint density at radius 3 is 2.58 bits per heavy atom. The molecule has 2 nitrogen and oxygen atoms in total. The molecule has 1 aromatic heterocycles. The number of para-hydroxylation sites is 1. The van der Waals surface area contributed by atoms with Crippen molar-refractivity contribution in [2.75, 3.05) is 0 Å². The molecule has 0 fully saturated rings. The molecule has 0 N–H and O–H groups in total. The van der Waals surface area contributed by atoms with E-state index in [0.717, 1.165) is 26.8 Å². The van der Waals surface area contributed by atoms with Crippen LogP contribution < -0.4 is 0 Å². The monoisotopic (exact) mass is 310 g/mol. The van der Waals surface area contributed by atoms with Gasteiger partial charge in [0.15, 0.2) is 5.82 Å². The van der Waals surface area contributed by atoms with Crippen molar-refractivity contribution in [1.29, 1.82) is 0 Å². The van der Waals surface area contributed by atoms with Gasteiger partial charge in [-0.05, 0) is 23.8 Å². The van der Waals surface area contributed by atoms with Crippen molar-refractivity contribution in [1.82, 2.24) is 9.97 Å². The summed E-state index contributed by atoms with van der Waals surface area (Å²) < 4.78 is 1.06. The second-order valence-corrected chi connectivity index (χ2v) is 5.00. The normalized spacial score (nSPS) is 11.2. The highest BCUT2D eigenvalue weighted by Crippen LogP contribution is 2.18. The van der Waals surface area contributed by atoms with E-state index in [2.05, 4.69) is 25.9 Å². The van der Waals surface area contributed by atoms with Gasteiger partial charge in [-0.2, -0.15) is 0 Å². The number of nitrogens with zero attached hydrogens (tertiary/aromatic N) is 2. The van der Waals surface area contributed by atoms with Gasteiger partial charge in [-0.1, -0.05) is 58.4 Å². The highest BCUT2D eigenvalue weighted by molar-refractivity contribution is 9.10. The first-order valence-corrected chi connectivity index (χ1v) is 6.77. The van der Waals surface area contributed by atoms with E-state index in [4.69, 9.17) is 0 Å². The van der Waals surface area contributed by atoms with E-state index in [0.29, 0.717) is 0 Å². The largest absolute Gasteiger partial charge is 0.236 e. The molecule has 2 aromatic carbocycles. The van der Waals surface area contributed by atoms with Crippen LogP contribution in [0.15, 0.2) is 59.2 Å². The molecule has 0 amide bonds. The molecule has 0 aliphatic rings. The average molecular weight is 311 g/mol. The lowest BCUT2D eigenvalue weighted by Crippen LogP contribution is -1.87. The number of aromatic nitrogens is 2. The number of hydrogen-bond donors (Lipinski definition) is 0. The third kappa shape index (κ3) is 2.71. The lowest BCUT2D eigenvalue weighted by Gasteiger charge is -1.99. The van der Waals surface area contributed by atoms with Crippen LogP contribution in [0.1, 0.15) is 11.4 Å². The summed E-state index contributed by atoms with van der Waals surface area (Å²) in [6, 6.07) is 16.0. The van der Waals surface area contributed by atoms with Crippen LogP contribution in [0.2, 0.25) is 0 Å². The first-order valence-electron chi connectivity index (χ1n) is 5.97. The molecule has 0 saturated carbocycles. The van der Waals surface area contributed by atoms with Crippen molar-refractivity contribution in [3.05, 3.63) is 70.6 Å². The Morgan fingerprint density at radius 2 is 1.68 bits per heavy atom. The second kappa shape index (κ2) is 5.33. The number of benzene rings is 2. The minimum Gasteiger partial charge on any atom is -0.236 e. The third-order valence-electron chi connectivity index (χ3n) is 2.82. The van der Waals surface area contributed by atoms with Crippen molar-refractivity contribution in [2.24, 2.45) is 0 Å². The molecule has 3 rings (SSSR count). The van der Waals surface area contributed by atoms with Gasteiger partial charge in [-0.25, -0.2) is 9.97 Å².